The second-order valence-corrected chi connectivity index (χ2v) is 8.23. The van der Waals surface area contributed by atoms with E-state index < -0.39 is 9.84 Å². The number of pyridine rings is 1. The van der Waals surface area contributed by atoms with Gasteiger partial charge in [0.15, 0.2) is 0 Å². The molecule has 2 fully saturated rings. The second kappa shape index (κ2) is 6.34. The topological polar surface area (TPSA) is 70.6 Å². The van der Waals surface area contributed by atoms with Crippen molar-refractivity contribution in [2.45, 2.75) is 18.9 Å². The number of hydrogen-bond acceptors (Lipinski definition) is 5. The maximum atomic E-state index is 12.3. The van der Waals surface area contributed by atoms with Gasteiger partial charge >= 0.3 is 0 Å². The quantitative estimate of drug-likeness (QED) is 0.789. The average molecular weight is 323 g/mol. The van der Waals surface area contributed by atoms with Crippen molar-refractivity contribution in [3.8, 4) is 0 Å². The summed E-state index contributed by atoms with van der Waals surface area (Å²) in [6.07, 6.45) is 3.07. The van der Waals surface area contributed by atoms with E-state index in [1.54, 1.807) is 18.3 Å². The van der Waals surface area contributed by atoms with E-state index in [0.717, 1.165) is 25.9 Å². The van der Waals surface area contributed by atoms with Crippen LogP contribution in [0.3, 0.4) is 0 Å². The molecule has 3 rings (SSSR count). The maximum Gasteiger partial charge on any atom is 0.272 e. The third kappa shape index (κ3) is 3.47. The van der Waals surface area contributed by atoms with Gasteiger partial charge in [-0.15, -0.1) is 0 Å². The van der Waals surface area contributed by atoms with E-state index in [9.17, 15) is 13.2 Å². The van der Waals surface area contributed by atoms with Gasteiger partial charge in [0.1, 0.15) is 15.5 Å². The van der Waals surface area contributed by atoms with Crippen LogP contribution in [-0.4, -0.2) is 72.8 Å². The normalized spacial score (nSPS) is 23.4. The van der Waals surface area contributed by atoms with Crippen molar-refractivity contribution in [2.75, 3.05) is 37.7 Å². The van der Waals surface area contributed by atoms with Crippen molar-refractivity contribution in [3.63, 3.8) is 0 Å². The van der Waals surface area contributed by atoms with Gasteiger partial charge in [-0.1, -0.05) is 6.07 Å². The Labute approximate surface area is 131 Å². The standard InChI is InChI=1S/C15H21N3O3S/c19-15(14-3-1-2-6-16-14)18-9-7-17(8-10-18)13-4-11-22(20,21)12-5-13/h1-3,6,13H,4-5,7-12H2. The van der Waals surface area contributed by atoms with Crippen LogP contribution in [0.2, 0.25) is 0 Å². The summed E-state index contributed by atoms with van der Waals surface area (Å²) in [4.78, 5) is 20.6. The molecule has 2 saturated heterocycles. The fourth-order valence-electron chi connectivity index (χ4n) is 3.18. The summed E-state index contributed by atoms with van der Waals surface area (Å²) in [7, 11) is -2.81. The lowest BCUT2D eigenvalue weighted by Gasteiger charge is -2.40. The number of carbonyl (C=O) groups excluding carboxylic acids is 1. The molecule has 0 radical (unpaired) electrons. The minimum atomic E-state index is -2.81. The SMILES string of the molecule is O=C(c1ccccn1)N1CCN(C2CCS(=O)(=O)CC2)CC1. The van der Waals surface area contributed by atoms with Crippen LogP contribution < -0.4 is 0 Å². The molecular weight excluding hydrogens is 302 g/mol. The van der Waals surface area contributed by atoms with Crippen molar-refractivity contribution >= 4 is 15.7 Å². The fourth-order valence-corrected chi connectivity index (χ4v) is 4.65. The predicted molar refractivity (Wildman–Crippen MR) is 83.4 cm³/mol. The van der Waals surface area contributed by atoms with Gasteiger partial charge < -0.3 is 4.90 Å². The zero-order chi connectivity index (χ0) is 15.6. The van der Waals surface area contributed by atoms with Gasteiger partial charge in [0.2, 0.25) is 0 Å². The number of nitrogens with zero attached hydrogens (tertiary/aromatic N) is 3. The van der Waals surface area contributed by atoms with E-state index in [0.29, 0.717) is 36.3 Å². The summed E-state index contributed by atoms with van der Waals surface area (Å²) in [6.45, 7) is 2.98. The molecule has 1 aromatic rings. The first-order valence-corrected chi connectivity index (χ1v) is 9.52. The van der Waals surface area contributed by atoms with Crippen LogP contribution in [0.1, 0.15) is 23.3 Å². The number of hydrogen-bond donors (Lipinski definition) is 0. The molecule has 6 nitrogen and oxygen atoms in total. The van der Waals surface area contributed by atoms with Gasteiger partial charge in [0.25, 0.3) is 5.91 Å². The number of carbonyl (C=O) groups is 1. The zero-order valence-electron chi connectivity index (χ0n) is 12.5. The Hall–Kier alpha value is -1.47. The predicted octanol–water partition coefficient (Wildman–Crippen LogP) is 0.417. The Balaban J connectivity index is 1.54. The molecule has 0 N–H and O–H groups in total. The van der Waals surface area contributed by atoms with Gasteiger partial charge in [-0.2, -0.15) is 0 Å². The molecule has 1 aromatic heterocycles. The van der Waals surface area contributed by atoms with E-state index >= 15 is 0 Å². The maximum absolute atomic E-state index is 12.3. The van der Waals surface area contributed by atoms with Crippen LogP contribution in [0.15, 0.2) is 24.4 Å². The summed E-state index contributed by atoms with van der Waals surface area (Å²) in [5, 5.41) is 0. The molecule has 0 bridgehead atoms. The second-order valence-electron chi connectivity index (χ2n) is 5.93. The lowest BCUT2D eigenvalue weighted by atomic mass is 10.1. The molecule has 0 aliphatic carbocycles. The van der Waals surface area contributed by atoms with E-state index in [-0.39, 0.29) is 5.91 Å². The highest BCUT2D eigenvalue weighted by atomic mass is 32.2. The summed E-state index contributed by atoms with van der Waals surface area (Å²) < 4.78 is 23.0. The Kier molecular flexibility index (Phi) is 4.44. The van der Waals surface area contributed by atoms with E-state index in [1.807, 2.05) is 11.0 Å². The minimum Gasteiger partial charge on any atom is -0.335 e. The van der Waals surface area contributed by atoms with Crippen molar-refractivity contribution in [1.29, 1.82) is 0 Å². The van der Waals surface area contributed by atoms with Gasteiger partial charge in [-0.3, -0.25) is 14.7 Å². The van der Waals surface area contributed by atoms with Crippen LogP contribution in [0.4, 0.5) is 0 Å². The Morgan fingerprint density at radius 3 is 2.36 bits per heavy atom. The van der Waals surface area contributed by atoms with E-state index in [1.165, 1.54) is 0 Å². The zero-order valence-corrected chi connectivity index (χ0v) is 13.3. The van der Waals surface area contributed by atoms with Crippen LogP contribution >= 0.6 is 0 Å². The van der Waals surface area contributed by atoms with Gasteiger partial charge in [-0.05, 0) is 25.0 Å². The van der Waals surface area contributed by atoms with Crippen LogP contribution in [0.25, 0.3) is 0 Å². The molecule has 1 amide bonds. The molecular formula is C15H21N3O3S. The Morgan fingerprint density at radius 1 is 1.09 bits per heavy atom. The summed E-state index contributed by atoms with van der Waals surface area (Å²) >= 11 is 0. The third-order valence-electron chi connectivity index (χ3n) is 4.53. The lowest BCUT2D eigenvalue weighted by Crippen LogP contribution is -2.53. The first-order chi connectivity index (χ1) is 10.6. The first kappa shape index (κ1) is 15.4. The average Bonchev–Trinajstić information content (AvgIpc) is 2.55. The van der Waals surface area contributed by atoms with Crippen LogP contribution in [0.5, 0.6) is 0 Å². The molecule has 0 spiro atoms. The van der Waals surface area contributed by atoms with Gasteiger partial charge in [-0.25, -0.2) is 8.42 Å². The minimum absolute atomic E-state index is 0.0218. The van der Waals surface area contributed by atoms with Crippen molar-refractivity contribution in [2.24, 2.45) is 0 Å². The number of amides is 1. The molecule has 0 saturated carbocycles. The smallest absolute Gasteiger partial charge is 0.272 e. The number of aromatic nitrogens is 1. The Morgan fingerprint density at radius 2 is 1.77 bits per heavy atom. The van der Waals surface area contributed by atoms with Crippen molar-refractivity contribution in [1.82, 2.24) is 14.8 Å². The molecule has 120 valence electrons. The highest BCUT2D eigenvalue weighted by Crippen LogP contribution is 2.20. The van der Waals surface area contributed by atoms with E-state index in [4.69, 9.17) is 0 Å². The number of rotatable bonds is 2. The molecule has 2 aliphatic heterocycles. The van der Waals surface area contributed by atoms with Crippen LogP contribution in [-0.2, 0) is 9.84 Å². The lowest BCUT2D eigenvalue weighted by molar-refractivity contribution is 0.0552. The van der Waals surface area contributed by atoms with Gasteiger partial charge in [0, 0.05) is 38.4 Å². The van der Waals surface area contributed by atoms with E-state index in [2.05, 4.69) is 9.88 Å². The summed E-state index contributed by atoms with van der Waals surface area (Å²) in [5.41, 5.74) is 0.486. The number of sulfone groups is 1. The molecule has 7 heteroatoms. The molecule has 3 heterocycles. The summed E-state index contributed by atoms with van der Waals surface area (Å²) in [6, 6.07) is 5.70. The van der Waals surface area contributed by atoms with Crippen molar-refractivity contribution in [3.05, 3.63) is 30.1 Å². The molecule has 0 aromatic carbocycles. The monoisotopic (exact) mass is 323 g/mol. The Bertz CT molecular complexity index is 611. The molecule has 22 heavy (non-hydrogen) atoms. The van der Waals surface area contributed by atoms with Gasteiger partial charge in [0.05, 0.1) is 11.5 Å². The highest BCUT2D eigenvalue weighted by Gasteiger charge is 2.31. The molecule has 0 unspecified atom stereocenters. The number of piperazine rings is 1. The molecule has 2 aliphatic rings. The first-order valence-electron chi connectivity index (χ1n) is 7.70. The third-order valence-corrected chi connectivity index (χ3v) is 6.24. The van der Waals surface area contributed by atoms with Crippen LogP contribution in [0, 0.1) is 0 Å². The summed E-state index contributed by atoms with van der Waals surface area (Å²) in [5.74, 6) is 0.571. The highest BCUT2D eigenvalue weighted by molar-refractivity contribution is 7.91. The molecule has 0 atom stereocenters. The fraction of sp³-hybridized carbons (Fsp3) is 0.600. The largest absolute Gasteiger partial charge is 0.335 e. The van der Waals surface area contributed by atoms with Crippen molar-refractivity contribution < 1.29 is 13.2 Å².